The number of halogens is 1. The van der Waals surface area contributed by atoms with Gasteiger partial charge in [0.15, 0.2) is 0 Å². The predicted octanol–water partition coefficient (Wildman–Crippen LogP) is 1.69. The number of nitrogens with zero attached hydrogens (tertiary/aromatic N) is 1. The Balaban J connectivity index is 1.62. The van der Waals surface area contributed by atoms with E-state index < -0.39 is 0 Å². The molecule has 4 atom stereocenters. The van der Waals surface area contributed by atoms with Crippen molar-refractivity contribution < 1.29 is 9.18 Å². The minimum atomic E-state index is -0.261. The summed E-state index contributed by atoms with van der Waals surface area (Å²) >= 11 is 0. The van der Waals surface area contributed by atoms with Gasteiger partial charge in [-0.1, -0.05) is 0 Å². The van der Waals surface area contributed by atoms with Gasteiger partial charge >= 0.3 is 0 Å². The van der Waals surface area contributed by atoms with E-state index in [9.17, 15) is 9.18 Å². The Morgan fingerprint density at radius 1 is 1.32 bits per heavy atom. The highest BCUT2D eigenvalue weighted by atomic mass is 19.1. The zero-order valence-corrected chi connectivity index (χ0v) is 13.9. The lowest BCUT2D eigenvalue weighted by Gasteiger charge is -2.46. The van der Waals surface area contributed by atoms with E-state index in [1.54, 1.807) is 0 Å². The molecule has 126 valence electrons. The van der Waals surface area contributed by atoms with E-state index in [1.807, 2.05) is 0 Å². The molecule has 3 rings (SSSR count). The number of alkyl halides is 1. The molecule has 2 heterocycles. The average molecular weight is 311 g/mol. The maximum absolute atomic E-state index is 12.7. The van der Waals surface area contributed by atoms with Crippen LogP contribution in [0.5, 0.6) is 0 Å². The summed E-state index contributed by atoms with van der Waals surface area (Å²) in [6, 6.07) is 0. The van der Waals surface area contributed by atoms with Crippen molar-refractivity contribution >= 4 is 5.91 Å². The molecule has 0 radical (unpaired) electrons. The van der Waals surface area contributed by atoms with Crippen LogP contribution in [0.25, 0.3) is 0 Å². The van der Waals surface area contributed by atoms with Gasteiger partial charge in [0.25, 0.3) is 0 Å². The molecule has 0 bridgehead atoms. The van der Waals surface area contributed by atoms with E-state index in [-0.39, 0.29) is 29.6 Å². The molecular formula is C17H30FN3O. The largest absolute Gasteiger partial charge is 0.369 e. The fourth-order valence-corrected chi connectivity index (χ4v) is 5.10. The van der Waals surface area contributed by atoms with Crippen LogP contribution in [-0.2, 0) is 4.79 Å². The molecule has 2 saturated heterocycles. The molecule has 1 spiro atoms. The summed E-state index contributed by atoms with van der Waals surface area (Å²) in [5, 5.41) is 3.68. The number of amides is 1. The fraction of sp³-hybridized carbons (Fsp3) is 0.941. The highest BCUT2D eigenvalue weighted by Crippen LogP contribution is 2.57. The van der Waals surface area contributed by atoms with E-state index in [4.69, 9.17) is 5.73 Å². The van der Waals surface area contributed by atoms with Crippen molar-refractivity contribution in [2.75, 3.05) is 26.3 Å². The normalized spacial score (nSPS) is 41.5. The fourth-order valence-electron chi connectivity index (χ4n) is 5.10. The number of carbonyl (C=O) groups excluding carboxylic acids is 1. The molecule has 1 aliphatic carbocycles. The van der Waals surface area contributed by atoms with Crippen molar-refractivity contribution in [1.29, 1.82) is 0 Å². The highest BCUT2D eigenvalue weighted by Gasteiger charge is 2.60. The summed E-state index contributed by atoms with van der Waals surface area (Å²) in [7, 11) is 0. The maximum atomic E-state index is 12.7. The van der Waals surface area contributed by atoms with Crippen LogP contribution in [0.4, 0.5) is 4.39 Å². The Kier molecular flexibility index (Phi) is 4.23. The standard InChI is InChI=1S/C17H30FN3O/c1-16(2)9-12(4-7-21(16)8-5-18)14-11-17(14)10-13(15(19)22)3-6-20-17/h12-14,20H,3-11H2,1-2H3,(H2,19,22)/t12-,13?,14?,17?/m1/s1. The number of hydrogen-bond donors (Lipinski definition) is 2. The summed E-state index contributed by atoms with van der Waals surface area (Å²) in [6.45, 7) is 6.68. The zero-order valence-electron chi connectivity index (χ0n) is 13.9. The minimum absolute atomic E-state index is 0.0471. The smallest absolute Gasteiger partial charge is 0.220 e. The van der Waals surface area contributed by atoms with E-state index in [0.717, 1.165) is 38.8 Å². The number of piperidine rings is 2. The van der Waals surface area contributed by atoms with Gasteiger partial charge in [-0.15, -0.1) is 0 Å². The van der Waals surface area contributed by atoms with Crippen molar-refractivity contribution in [2.24, 2.45) is 23.5 Å². The quantitative estimate of drug-likeness (QED) is 0.831. The Labute approximate surface area is 133 Å². The van der Waals surface area contributed by atoms with Gasteiger partial charge < -0.3 is 11.1 Å². The van der Waals surface area contributed by atoms with Gasteiger partial charge in [0.1, 0.15) is 6.67 Å². The Bertz CT molecular complexity index is 442. The molecule has 3 aliphatic rings. The molecule has 3 unspecified atom stereocenters. The average Bonchev–Trinajstić information content (AvgIpc) is 3.14. The van der Waals surface area contributed by atoms with Crippen molar-refractivity contribution in [3.63, 3.8) is 0 Å². The third kappa shape index (κ3) is 2.90. The number of carbonyl (C=O) groups is 1. The molecule has 0 aromatic carbocycles. The van der Waals surface area contributed by atoms with Crippen LogP contribution >= 0.6 is 0 Å². The molecule has 4 nitrogen and oxygen atoms in total. The van der Waals surface area contributed by atoms with E-state index in [1.165, 1.54) is 6.42 Å². The molecule has 3 fully saturated rings. The minimum Gasteiger partial charge on any atom is -0.369 e. The second-order valence-corrected chi connectivity index (χ2v) is 8.23. The Morgan fingerprint density at radius 3 is 2.73 bits per heavy atom. The van der Waals surface area contributed by atoms with Crippen molar-refractivity contribution in [3.05, 3.63) is 0 Å². The number of rotatable bonds is 4. The topological polar surface area (TPSA) is 58.4 Å². The van der Waals surface area contributed by atoms with Gasteiger partial charge in [0.2, 0.25) is 5.91 Å². The first-order valence-corrected chi connectivity index (χ1v) is 8.73. The van der Waals surface area contributed by atoms with Gasteiger partial charge in [0, 0.05) is 23.5 Å². The third-order valence-electron chi connectivity index (χ3n) is 6.43. The molecule has 0 aromatic rings. The van der Waals surface area contributed by atoms with Gasteiger partial charge in [-0.2, -0.15) is 0 Å². The first-order chi connectivity index (χ1) is 10.4. The number of likely N-dealkylation sites (tertiary alicyclic amines) is 1. The van der Waals surface area contributed by atoms with E-state index in [2.05, 4.69) is 24.1 Å². The summed E-state index contributed by atoms with van der Waals surface area (Å²) in [5.41, 5.74) is 5.77. The second kappa shape index (κ2) is 5.75. The van der Waals surface area contributed by atoms with E-state index in [0.29, 0.717) is 18.4 Å². The highest BCUT2D eigenvalue weighted by molar-refractivity contribution is 5.77. The lowest BCUT2D eigenvalue weighted by Crippen LogP contribution is -2.52. The third-order valence-corrected chi connectivity index (χ3v) is 6.43. The first kappa shape index (κ1) is 16.2. The number of primary amides is 1. The monoisotopic (exact) mass is 311 g/mol. The SMILES string of the molecule is CC1(C)C[C@H](C2CC23CC(C(N)=O)CCN3)CCN1CCF. The van der Waals surface area contributed by atoms with Crippen LogP contribution in [0, 0.1) is 17.8 Å². The summed E-state index contributed by atoms with van der Waals surface area (Å²) in [4.78, 5) is 13.8. The molecule has 3 N–H and O–H groups in total. The zero-order chi connectivity index (χ0) is 16.0. The molecule has 22 heavy (non-hydrogen) atoms. The first-order valence-electron chi connectivity index (χ1n) is 8.73. The van der Waals surface area contributed by atoms with E-state index >= 15 is 0 Å². The summed E-state index contributed by atoms with van der Waals surface area (Å²) < 4.78 is 12.7. The lowest BCUT2D eigenvalue weighted by molar-refractivity contribution is -0.123. The molecule has 1 amide bonds. The van der Waals surface area contributed by atoms with Gasteiger partial charge in [-0.3, -0.25) is 9.69 Å². The molecule has 5 heteroatoms. The lowest BCUT2D eigenvalue weighted by atomic mass is 9.77. The summed E-state index contributed by atoms with van der Waals surface area (Å²) in [5.74, 6) is 1.27. The molecule has 0 aromatic heterocycles. The van der Waals surface area contributed by atoms with Crippen molar-refractivity contribution in [2.45, 2.75) is 57.0 Å². The molecular weight excluding hydrogens is 281 g/mol. The van der Waals surface area contributed by atoms with Crippen LogP contribution in [0.15, 0.2) is 0 Å². The van der Waals surface area contributed by atoms with Crippen LogP contribution in [0.3, 0.4) is 0 Å². The van der Waals surface area contributed by atoms with Crippen LogP contribution in [-0.4, -0.2) is 48.2 Å². The number of hydrogen-bond acceptors (Lipinski definition) is 3. The molecule has 2 aliphatic heterocycles. The van der Waals surface area contributed by atoms with Crippen LogP contribution in [0.1, 0.15) is 46.0 Å². The predicted molar refractivity (Wildman–Crippen MR) is 85.1 cm³/mol. The van der Waals surface area contributed by atoms with Crippen molar-refractivity contribution in [1.82, 2.24) is 10.2 Å². The van der Waals surface area contributed by atoms with Crippen LogP contribution in [0.2, 0.25) is 0 Å². The van der Waals surface area contributed by atoms with Gasteiger partial charge in [-0.05, 0) is 70.9 Å². The maximum Gasteiger partial charge on any atom is 0.220 e. The van der Waals surface area contributed by atoms with Crippen molar-refractivity contribution in [3.8, 4) is 0 Å². The summed E-state index contributed by atoms with van der Waals surface area (Å²) in [6.07, 6.45) is 5.25. The van der Waals surface area contributed by atoms with Gasteiger partial charge in [-0.25, -0.2) is 4.39 Å². The number of nitrogens with two attached hydrogens (primary N) is 1. The Morgan fingerprint density at radius 2 is 2.09 bits per heavy atom. The second-order valence-electron chi connectivity index (χ2n) is 8.23. The Hall–Kier alpha value is -0.680. The van der Waals surface area contributed by atoms with Crippen LogP contribution < -0.4 is 11.1 Å². The number of nitrogens with one attached hydrogen (secondary N) is 1. The van der Waals surface area contributed by atoms with Gasteiger partial charge in [0.05, 0.1) is 0 Å². The molecule has 1 saturated carbocycles.